The van der Waals surface area contributed by atoms with Crippen molar-refractivity contribution in [1.29, 1.82) is 0 Å². The van der Waals surface area contributed by atoms with E-state index in [9.17, 15) is 4.79 Å². The molecule has 4 heteroatoms. The maximum Gasteiger partial charge on any atom is 0.373 e. The van der Waals surface area contributed by atoms with Gasteiger partial charge in [0.2, 0.25) is 0 Å². The zero-order chi connectivity index (χ0) is 15.9. The van der Waals surface area contributed by atoms with E-state index in [0.717, 1.165) is 18.5 Å². The highest BCUT2D eigenvalue weighted by Crippen LogP contribution is 2.17. The Balaban J connectivity index is 2.82. The zero-order valence-corrected chi connectivity index (χ0v) is 14.5. The van der Waals surface area contributed by atoms with Gasteiger partial charge in [0.05, 0.1) is 5.56 Å². The van der Waals surface area contributed by atoms with E-state index in [-0.39, 0.29) is 6.10 Å². The van der Waals surface area contributed by atoms with Crippen LogP contribution in [0.4, 0.5) is 0 Å². The number of hydrogen-bond donors (Lipinski definition) is 0. The summed E-state index contributed by atoms with van der Waals surface area (Å²) in [6, 6.07) is 9.92. The van der Waals surface area contributed by atoms with E-state index in [1.807, 2.05) is 38.1 Å². The number of carbonyl (C=O) groups is 1. The van der Waals surface area contributed by atoms with Crippen molar-refractivity contribution in [2.24, 2.45) is 0 Å². The smallest absolute Gasteiger partial charge is 0.293 e. The first kappa shape index (κ1) is 17.7. The fourth-order valence-electron chi connectivity index (χ4n) is 2.24. The van der Waals surface area contributed by atoms with Crippen molar-refractivity contribution in [2.45, 2.75) is 52.3 Å². The molecule has 0 aliphatic rings. The van der Waals surface area contributed by atoms with Gasteiger partial charge in [0, 0.05) is 0 Å². The Morgan fingerprint density at radius 1 is 1.24 bits per heavy atom. The first-order valence-electron chi connectivity index (χ1n) is 7.64. The van der Waals surface area contributed by atoms with E-state index in [1.54, 1.807) is 0 Å². The summed E-state index contributed by atoms with van der Waals surface area (Å²) in [6.45, 7) is 12.3. The molecular weight excluding hydrogens is 280 g/mol. The minimum absolute atomic E-state index is 0.0887. The highest BCUT2D eigenvalue weighted by atomic mass is 28.3. The van der Waals surface area contributed by atoms with Crippen LogP contribution in [0.3, 0.4) is 0 Å². The molecule has 0 aliphatic heterocycles. The molecule has 1 atom stereocenters. The average Bonchev–Trinajstić information content (AvgIpc) is 2.55. The lowest BCUT2D eigenvalue weighted by Gasteiger charge is -2.25. The fraction of sp³-hybridized carbons (Fsp3) is 0.471. The largest absolute Gasteiger partial charge is 0.373 e. The third kappa shape index (κ3) is 4.28. The van der Waals surface area contributed by atoms with Crippen LogP contribution in [-0.4, -0.2) is 20.1 Å². The van der Waals surface area contributed by atoms with Crippen LogP contribution in [0.25, 0.3) is 0 Å². The minimum atomic E-state index is -1.61. The minimum Gasteiger partial charge on any atom is -0.293 e. The molecule has 0 aliphatic carbocycles. The number of rotatable bonds is 8. The lowest BCUT2D eigenvalue weighted by Crippen LogP contribution is -2.44. The Bertz CT molecular complexity index is 463. The molecule has 0 aromatic heterocycles. The quantitative estimate of drug-likeness (QED) is 0.414. The Labute approximate surface area is 128 Å². The van der Waals surface area contributed by atoms with Crippen LogP contribution in [0.2, 0.25) is 12.1 Å². The van der Waals surface area contributed by atoms with E-state index < -0.39 is 14.0 Å². The molecule has 1 aromatic rings. The summed E-state index contributed by atoms with van der Waals surface area (Å²) in [7, 11) is -1.61. The second-order valence-electron chi connectivity index (χ2n) is 5.33. The lowest BCUT2D eigenvalue weighted by molar-refractivity contribution is -0.270. The molecule has 0 bridgehead atoms. The Morgan fingerprint density at radius 3 is 2.24 bits per heavy atom. The van der Waals surface area contributed by atoms with Gasteiger partial charge in [-0.2, -0.15) is 4.89 Å². The predicted molar refractivity (Wildman–Crippen MR) is 89.2 cm³/mol. The van der Waals surface area contributed by atoms with E-state index in [4.69, 9.17) is 9.78 Å². The number of hydrogen-bond acceptors (Lipinski definition) is 3. The van der Waals surface area contributed by atoms with Gasteiger partial charge in [-0.15, -0.1) is 6.58 Å². The van der Waals surface area contributed by atoms with E-state index in [0.29, 0.717) is 5.56 Å². The SMILES string of the molecule is C=C[Si](CC)(CC)c1ccc(C(=O)OOC(C)CC)cc1. The predicted octanol–water partition coefficient (Wildman–Crippen LogP) is 3.99. The Morgan fingerprint density at radius 2 is 1.81 bits per heavy atom. The highest BCUT2D eigenvalue weighted by molar-refractivity contribution is 6.95. The maximum atomic E-state index is 11.9. The molecule has 0 heterocycles. The molecule has 0 fully saturated rings. The van der Waals surface area contributed by atoms with E-state index >= 15 is 0 Å². The Kier molecular flexibility index (Phi) is 6.85. The second kappa shape index (κ2) is 8.15. The number of carbonyl (C=O) groups excluding carboxylic acids is 1. The van der Waals surface area contributed by atoms with Crippen molar-refractivity contribution in [3.8, 4) is 0 Å². The van der Waals surface area contributed by atoms with Crippen LogP contribution >= 0.6 is 0 Å². The van der Waals surface area contributed by atoms with Crippen LogP contribution < -0.4 is 5.19 Å². The second-order valence-corrected chi connectivity index (χ2v) is 10.0. The average molecular weight is 306 g/mol. The van der Waals surface area contributed by atoms with Gasteiger partial charge in [-0.05, 0) is 25.5 Å². The van der Waals surface area contributed by atoms with Crippen molar-refractivity contribution in [2.75, 3.05) is 0 Å². The van der Waals surface area contributed by atoms with Crippen molar-refractivity contribution in [1.82, 2.24) is 0 Å². The number of benzene rings is 1. The van der Waals surface area contributed by atoms with E-state index in [1.165, 1.54) is 5.19 Å². The van der Waals surface area contributed by atoms with Gasteiger partial charge in [0.1, 0.15) is 14.2 Å². The third-order valence-corrected chi connectivity index (χ3v) is 9.00. The molecule has 116 valence electrons. The van der Waals surface area contributed by atoms with Crippen molar-refractivity contribution >= 4 is 19.2 Å². The molecule has 1 rings (SSSR count). The van der Waals surface area contributed by atoms with Gasteiger partial charge < -0.3 is 0 Å². The standard InChI is InChI=1S/C17H26O3Si/c1-6-14(5)19-20-17(18)15-10-12-16(13-11-15)21(7-2,8-3)9-4/h7,10-14H,2,6,8-9H2,1,3-5H3. The molecule has 0 saturated carbocycles. The zero-order valence-electron chi connectivity index (χ0n) is 13.5. The molecule has 21 heavy (non-hydrogen) atoms. The van der Waals surface area contributed by atoms with Gasteiger partial charge in [-0.3, -0.25) is 4.89 Å². The first-order valence-corrected chi connectivity index (χ1v) is 10.1. The molecular formula is C17H26O3Si. The summed E-state index contributed by atoms with van der Waals surface area (Å²) < 4.78 is 0. The van der Waals surface area contributed by atoms with Crippen LogP contribution in [-0.2, 0) is 9.78 Å². The van der Waals surface area contributed by atoms with Gasteiger partial charge in [0.15, 0.2) is 0 Å². The van der Waals surface area contributed by atoms with Gasteiger partial charge >= 0.3 is 5.97 Å². The third-order valence-electron chi connectivity index (χ3n) is 4.21. The normalized spacial score (nSPS) is 12.8. The van der Waals surface area contributed by atoms with Crippen molar-refractivity contribution in [3.63, 3.8) is 0 Å². The molecule has 0 amide bonds. The van der Waals surface area contributed by atoms with Gasteiger partial charge in [-0.25, -0.2) is 4.79 Å². The molecule has 3 nitrogen and oxygen atoms in total. The monoisotopic (exact) mass is 306 g/mol. The van der Waals surface area contributed by atoms with Crippen LogP contribution in [0.1, 0.15) is 44.5 Å². The van der Waals surface area contributed by atoms with Crippen molar-refractivity contribution in [3.05, 3.63) is 42.1 Å². The summed E-state index contributed by atoms with van der Waals surface area (Å²) >= 11 is 0. The van der Waals surface area contributed by atoms with Crippen molar-refractivity contribution < 1.29 is 14.6 Å². The summed E-state index contributed by atoms with van der Waals surface area (Å²) in [4.78, 5) is 21.7. The molecule has 0 N–H and O–H groups in total. The fourth-order valence-corrected chi connectivity index (χ4v) is 5.21. The summed E-state index contributed by atoms with van der Waals surface area (Å²) in [5, 5.41) is 1.31. The first-order chi connectivity index (χ1) is 10.0. The summed E-state index contributed by atoms with van der Waals surface area (Å²) in [5.74, 6) is -0.444. The highest BCUT2D eigenvalue weighted by Gasteiger charge is 2.27. The molecule has 1 aromatic carbocycles. The van der Waals surface area contributed by atoms with E-state index in [2.05, 4.69) is 26.1 Å². The van der Waals surface area contributed by atoms with Crippen LogP contribution in [0.15, 0.2) is 36.5 Å². The lowest BCUT2D eigenvalue weighted by atomic mass is 10.2. The molecule has 0 saturated heterocycles. The molecule has 0 spiro atoms. The maximum absolute atomic E-state index is 11.9. The van der Waals surface area contributed by atoms with Gasteiger partial charge in [0.25, 0.3) is 0 Å². The molecule has 0 radical (unpaired) electrons. The summed E-state index contributed by atoms with van der Waals surface area (Å²) in [5.41, 5.74) is 2.65. The van der Waals surface area contributed by atoms with Crippen LogP contribution in [0, 0.1) is 0 Å². The Hall–Kier alpha value is -1.39. The summed E-state index contributed by atoms with van der Waals surface area (Å²) in [6.07, 6.45) is 0.710. The van der Waals surface area contributed by atoms with Gasteiger partial charge in [-0.1, -0.05) is 55.9 Å². The molecule has 1 unspecified atom stereocenters. The van der Waals surface area contributed by atoms with Crippen LogP contribution in [0.5, 0.6) is 0 Å². The topological polar surface area (TPSA) is 35.5 Å².